The molecule has 0 radical (unpaired) electrons. The highest BCUT2D eigenvalue weighted by molar-refractivity contribution is 5.94. The van der Waals surface area contributed by atoms with Crippen LogP contribution in [0.4, 0.5) is 11.4 Å². The molecule has 1 fully saturated rings. The number of nitrogens with one attached hydrogen (secondary N) is 1. The second kappa shape index (κ2) is 6.44. The minimum absolute atomic E-state index is 0.0994. The molecule has 2 rings (SSSR count). The van der Waals surface area contributed by atoms with E-state index < -0.39 is 4.92 Å². The van der Waals surface area contributed by atoms with Crippen molar-refractivity contribution in [3.63, 3.8) is 0 Å². The number of nitro benzene ring substituents is 1. The molecule has 108 valence electrons. The van der Waals surface area contributed by atoms with Gasteiger partial charge in [-0.1, -0.05) is 12.1 Å². The van der Waals surface area contributed by atoms with Crippen molar-refractivity contribution in [3.05, 3.63) is 34.4 Å². The van der Waals surface area contributed by atoms with Gasteiger partial charge in [-0.25, -0.2) is 0 Å². The van der Waals surface area contributed by atoms with Crippen LogP contribution >= 0.6 is 0 Å². The lowest BCUT2D eigenvalue weighted by Gasteiger charge is -2.22. The van der Waals surface area contributed by atoms with E-state index in [0.717, 1.165) is 19.4 Å². The third-order valence-electron chi connectivity index (χ3n) is 3.49. The van der Waals surface area contributed by atoms with Crippen molar-refractivity contribution in [1.29, 1.82) is 0 Å². The van der Waals surface area contributed by atoms with Crippen LogP contribution in [-0.2, 0) is 4.79 Å². The Morgan fingerprint density at radius 2 is 2.25 bits per heavy atom. The molecule has 1 aliphatic rings. The maximum absolute atomic E-state index is 12.0. The summed E-state index contributed by atoms with van der Waals surface area (Å²) in [7, 11) is 0. The highest BCUT2D eigenvalue weighted by Gasteiger charge is 2.25. The van der Waals surface area contributed by atoms with Gasteiger partial charge in [0.1, 0.15) is 5.69 Å². The highest BCUT2D eigenvalue weighted by Crippen LogP contribution is 2.23. The molecule has 1 amide bonds. The third kappa shape index (κ3) is 3.31. The number of carbonyl (C=O) groups is 1. The first-order chi connectivity index (χ1) is 9.61. The van der Waals surface area contributed by atoms with Crippen molar-refractivity contribution >= 4 is 17.3 Å². The number of anilines is 1. The molecule has 0 bridgehead atoms. The van der Waals surface area contributed by atoms with Crippen LogP contribution in [0.1, 0.15) is 12.8 Å². The van der Waals surface area contributed by atoms with Gasteiger partial charge >= 0.3 is 0 Å². The Balaban J connectivity index is 2.00. The Morgan fingerprint density at radius 3 is 2.95 bits per heavy atom. The van der Waals surface area contributed by atoms with Crippen molar-refractivity contribution < 1.29 is 9.72 Å². The van der Waals surface area contributed by atoms with E-state index in [1.165, 1.54) is 12.1 Å². The van der Waals surface area contributed by atoms with Crippen LogP contribution < -0.4 is 11.1 Å². The van der Waals surface area contributed by atoms with Crippen molar-refractivity contribution in [2.75, 3.05) is 25.0 Å². The lowest BCUT2D eigenvalue weighted by molar-refractivity contribution is -0.383. The van der Waals surface area contributed by atoms with Gasteiger partial charge in [-0.3, -0.25) is 19.8 Å². The van der Waals surface area contributed by atoms with Crippen molar-refractivity contribution in [3.8, 4) is 0 Å². The highest BCUT2D eigenvalue weighted by atomic mass is 16.6. The lowest BCUT2D eigenvalue weighted by Crippen LogP contribution is -2.40. The summed E-state index contributed by atoms with van der Waals surface area (Å²) in [5, 5.41) is 13.5. The summed E-state index contributed by atoms with van der Waals surface area (Å²) in [4.78, 5) is 24.4. The van der Waals surface area contributed by atoms with E-state index in [1.54, 1.807) is 12.1 Å². The van der Waals surface area contributed by atoms with Crippen molar-refractivity contribution in [2.45, 2.75) is 18.9 Å². The van der Waals surface area contributed by atoms with Gasteiger partial charge in [0.2, 0.25) is 5.91 Å². The Morgan fingerprint density at radius 1 is 1.50 bits per heavy atom. The zero-order chi connectivity index (χ0) is 14.5. The van der Waals surface area contributed by atoms with Crippen molar-refractivity contribution in [1.82, 2.24) is 4.90 Å². The van der Waals surface area contributed by atoms with Crippen LogP contribution in [0.3, 0.4) is 0 Å². The summed E-state index contributed by atoms with van der Waals surface area (Å²) in [6, 6.07) is 6.35. The average Bonchev–Trinajstić information content (AvgIpc) is 2.86. The van der Waals surface area contributed by atoms with Crippen LogP contribution in [-0.4, -0.2) is 41.4 Å². The van der Waals surface area contributed by atoms with Gasteiger partial charge in [0.05, 0.1) is 11.5 Å². The molecule has 1 aromatic rings. The molecule has 0 saturated carbocycles. The number of para-hydroxylation sites is 2. The maximum atomic E-state index is 12.0. The number of rotatable bonds is 5. The second-order valence-electron chi connectivity index (χ2n) is 4.82. The standard InChI is InChI=1S/C13H18N4O3/c14-8-10-4-3-7-16(10)9-13(18)15-11-5-1-2-6-12(11)17(19)20/h1-2,5-6,10H,3-4,7-9,14H2,(H,15,18). The minimum Gasteiger partial charge on any atom is -0.329 e. The van der Waals surface area contributed by atoms with E-state index in [1.807, 2.05) is 4.90 Å². The SMILES string of the molecule is NCC1CCCN1CC(=O)Nc1ccccc1[N+](=O)[O-]. The zero-order valence-corrected chi connectivity index (χ0v) is 11.1. The summed E-state index contributed by atoms with van der Waals surface area (Å²) in [5.74, 6) is -0.250. The molecule has 3 N–H and O–H groups in total. The number of carbonyl (C=O) groups excluding carboxylic acids is 1. The smallest absolute Gasteiger partial charge is 0.292 e. The summed E-state index contributed by atoms with van der Waals surface area (Å²) in [6.45, 7) is 1.58. The van der Waals surface area contributed by atoms with Gasteiger partial charge in [0, 0.05) is 18.7 Å². The predicted octanol–water partition coefficient (Wildman–Crippen LogP) is 0.956. The van der Waals surface area contributed by atoms with Crippen LogP contribution in [0.5, 0.6) is 0 Å². The number of hydrogen-bond acceptors (Lipinski definition) is 5. The molecule has 1 aromatic carbocycles. The maximum Gasteiger partial charge on any atom is 0.292 e. The predicted molar refractivity (Wildman–Crippen MR) is 75.4 cm³/mol. The fourth-order valence-electron chi connectivity index (χ4n) is 2.48. The topological polar surface area (TPSA) is 102 Å². The third-order valence-corrected chi connectivity index (χ3v) is 3.49. The van der Waals surface area contributed by atoms with E-state index in [4.69, 9.17) is 5.73 Å². The molecule has 7 nitrogen and oxygen atoms in total. The lowest BCUT2D eigenvalue weighted by atomic mass is 10.2. The van der Waals surface area contributed by atoms with Crippen LogP contribution in [0.15, 0.2) is 24.3 Å². The van der Waals surface area contributed by atoms with E-state index in [0.29, 0.717) is 6.54 Å². The largest absolute Gasteiger partial charge is 0.329 e. The van der Waals surface area contributed by atoms with E-state index in [-0.39, 0.29) is 29.9 Å². The number of benzene rings is 1. The Hall–Kier alpha value is -1.99. The Bertz CT molecular complexity index is 506. The van der Waals surface area contributed by atoms with Gasteiger partial charge in [0.15, 0.2) is 0 Å². The molecule has 1 atom stereocenters. The Kier molecular flexibility index (Phi) is 4.65. The van der Waals surface area contributed by atoms with Gasteiger partial charge in [0.25, 0.3) is 5.69 Å². The van der Waals surface area contributed by atoms with E-state index in [9.17, 15) is 14.9 Å². The molecule has 20 heavy (non-hydrogen) atoms. The number of nitrogens with zero attached hydrogens (tertiary/aromatic N) is 2. The quantitative estimate of drug-likeness (QED) is 0.617. The van der Waals surface area contributed by atoms with Gasteiger partial charge < -0.3 is 11.1 Å². The van der Waals surface area contributed by atoms with E-state index >= 15 is 0 Å². The van der Waals surface area contributed by atoms with Gasteiger partial charge in [-0.15, -0.1) is 0 Å². The molecule has 0 aliphatic carbocycles. The van der Waals surface area contributed by atoms with Crippen molar-refractivity contribution in [2.24, 2.45) is 5.73 Å². The molecule has 0 aromatic heterocycles. The first kappa shape index (κ1) is 14.4. The molecule has 1 heterocycles. The zero-order valence-electron chi connectivity index (χ0n) is 11.1. The molecule has 7 heteroatoms. The summed E-state index contributed by atoms with van der Waals surface area (Å²) < 4.78 is 0. The fraction of sp³-hybridized carbons (Fsp3) is 0.462. The minimum atomic E-state index is -0.506. The molecular weight excluding hydrogens is 260 g/mol. The van der Waals surface area contributed by atoms with Gasteiger partial charge in [-0.05, 0) is 25.5 Å². The first-order valence-electron chi connectivity index (χ1n) is 6.59. The fourth-order valence-corrected chi connectivity index (χ4v) is 2.48. The van der Waals surface area contributed by atoms with Crippen LogP contribution in [0, 0.1) is 10.1 Å². The molecule has 1 saturated heterocycles. The van der Waals surface area contributed by atoms with Crippen LogP contribution in [0.25, 0.3) is 0 Å². The summed E-state index contributed by atoms with van der Waals surface area (Å²) in [6.07, 6.45) is 2.02. The summed E-state index contributed by atoms with van der Waals surface area (Å²) >= 11 is 0. The average molecular weight is 278 g/mol. The molecule has 1 aliphatic heterocycles. The molecular formula is C13H18N4O3. The number of amides is 1. The van der Waals surface area contributed by atoms with E-state index in [2.05, 4.69) is 5.32 Å². The molecule has 1 unspecified atom stereocenters. The normalized spacial score (nSPS) is 18.9. The first-order valence-corrected chi connectivity index (χ1v) is 6.59. The molecule has 0 spiro atoms. The number of hydrogen-bond donors (Lipinski definition) is 2. The van der Waals surface area contributed by atoms with Crippen LogP contribution in [0.2, 0.25) is 0 Å². The Labute approximate surface area is 116 Å². The summed E-state index contributed by atoms with van der Waals surface area (Å²) in [5.41, 5.74) is 5.78. The monoisotopic (exact) mass is 278 g/mol. The van der Waals surface area contributed by atoms with Gasteiger partial charge in [-0.2, -0.15) is 0 Å². The number of likely N-dealkylation sites (tertiary alicyclic amines) is 1. The number of nitrogens with two attached hydrogens (primary N) is 1. The number of nitro groups is 1. The second-order valence-corrected chi connectivity index (χ2v) is 4.82.